The summed E-state index contributed by atoms with van der Waals surface area (Å²) in [6, 6.07) is 2.35. The number of hydrogen-bond acceptors (Lipinski definition) is 3. The Hall–Kier alpha value is -1.76. The summed E-state index contributed by atoms with van der Waals surface area (Å²) in [6.07, 6.45) is 1.48. The van der Waals surface area contributed by atoms with E-state index in [4.69, 9.17) is 9.68 Å². The standard InChI is InChI=1S/C15H20N2O2/c1-10-11(2)19-12(3)13(10)14(18)17-7-5-15(4,9-16)6-8-17/h5-8H2,1-4H3. The molecule has 1 aliphatic rings. The molecule has 0 saturated carbocycles. The van der Waals surface area contributed by atoms with Crippen LogP contribution in [0.1, 0.15) is 47.2 Å². The molecule has 4 heteroatoms. The van der Waals surface area contributed by atoms with Gasteiger partial charge in [0.2, 0.25) is 0 Å². The predicted molar refractivity (Wildman–Crippen MR) is 71.8 cm³/mol. The molecule has 1 aromatic heterocycles. The highest BCUT2D eigenvalue weighted by Gasteiger charge is 2.33. The summed E-state index contributed by atoms with van der Waals surface area (Å²) in [5, 5.41) is 9.12. The summed E-state index contributed by atoms with van der Waals surface area (Å²) < 4.78 is 5.52. The largest absolute Gasteiger partial charge is 0.466 e. The first-order valence-corrected chi connectivity index (χ1v) is 6.65. The molecule has 0 aromatic carbocycles. The molecule has 0 aliphatic carbocycles. The number of furan rings is 1. The highest BCUT2D eigenvalue weighted by Crippen LogP contribution is 2.31. The van der Waals surface area contributed by atoms with Gasteiger partial charge in [0.1, 0.15) is 11.5 Å². The Kier molecular flexibility index (Phi) is 3.40. The van der Waals surface area contributed by atoms with Crippen molar-refractivity contribution in [3.8, 4) is 6.07 Å². The SMILES string of the molecule is Cc1oc(C)c(C(=O)N2CCC(C)(C#N)CC2)c1C. The second-order valence-electron chi connectivity index (χ2n) is 5.68. The van der Waals surface area contributed by atoms with Gasteiger partial charge in [0, 0.05) is 18.7 Å². The molecule has 1 saturated heterocycles. The predicted octanol–water partition coefficient (Wildman–Crippen LogP) is 2.97. The van der Waals surface area contributed by atoms with Crippen molar-refractivity contribution in [3.05, 3.63) is 22.6 Å². The Morgan fingerprint density at radius 2 is 1.84 bits per heavy atom. The zero-order valence-electron chi connectivity index (χ0n) is 12.0. The van der Waals surface area contributed by atoms with Crippen LogP contribution in [0.15, 0.2) is 4.42 Å². The number of hydrogen-bond donors (Lipinski definition) is 0. The van der Waals surface area contributed by atoms with Crippen molar-refractivity contribution in [3.63, 3.8) is 0 Å². The minimum atomic E-state index is -0.285. The third-order valence-electron chi connectivity index (χ3n) is 4.20. The molecule has 2 heterocycles. The van der Waals surface area contributed by atoms with Crippen LogP contribution < -0.4 is 0 Å². The second kappa shape index (κ2) is 4.73. The zero-order valence-corrected chi connectivity index (χ0v) is 12.0. The summed E-state index contributed by atoms with van der Waals surface area (Å²) in [4.78, 5) is 14.4. The average Bonchev–Trinajstić information content (AvgIpc) is 2.63. The molecule has 102 valence electrons. The van der Waals surface area contributed by atoms with Crippen molar-refractivity contribution in [2.75, 3.05) is 13.1 Å². The van der Waals surface area contributed by atoms with E-state index in [2.05, 4.69) is 6.07 Å². The second-order valence-corrected chi connectivity index (χ2v) is 5.68. The van der Waals surface area contributed by atoms with Crippen molar-refractivity contribution in [1.29, 1.82) is 5.26 Å². The maximum absolute atomic E-state index is 12.5. The van der Waals surface area contributed by atoms with Gasteiger partial charge < -0.3 is 9.32 Å². The molecule has 1 amide bonds. The van der Waals surface area contributed by atoms with E-state index < -0.39 is 0 Å². The minimum absolute atomic E-state index is 0.0341. The third kappa shape index (κ3) is 2.37. The topological polar surface area (TPSA) is 57.2 Å². The number of aryl methyl sites for hydroxylation is 2. The molecule has 1 aromatic rings. The average molecular weight is 260 g/mol. The maximum Gasteiger partial charge on any atom is 0.257 e. The smallest absolute Gasteiger partial charge is 0.257 e. The number of rotatable bonds is 1. The van der Waals surface area contributed by atoms with Crippen molar-refractivity contribution in [2.45, 2.75) is 40.5 Å². The van der Waals surface area contributed by atoms with Crippen LogP contribution in [0.3, 0.4) is 0 Å². The van der Waals surface area contributed by atoms with E-state index >= 15 is 0 Å². The van der Waals surface area contributed by atoms with Crippen LogP contribution in [0.25, 0.3) is 0 Å². The van der Waals surface area contributed by atoms with Crippen LogP contribution >= 0.6 is 0 Å². The van der Waals surface area contributed by atoms with E-state index in [1.54, 1.807) is 0 Å². The van der Waals surface area contributed by atoms with Gasteiger partial charge in [-0.05, 0) is 40.5 Å². The molecule has 1 aliphatic heterocycles. The Morgan fingerprint density at radius 1 is 1.26 bits per heavy atom. The molecule has 0 N–H and O–H groups in total. The Bertz CT molecular complexity index is 543. The number of carbonyl (C=O) groups is 1. The number of carbonyl (C=O) groups excluding carboxylic acids is 1. The molecule has 4 nitrogen and oxygen atoms in total. The fourth-order valence-corrected chi connectivity index (χ4v) is 2.58. The number of nitriles is 1. The van der Waals surface area contributed by atoms with E-state index in [1.807, 2.05) is 32.6 Å². The van der Waals surface area contributed by atoms with Gasteiger partial charge >= 0.3 is 0 Å². The molecular weight excluding hydrogens is 240 g/mol. The number of nitrogens with zero attached hydrogens (tertiary/aromatic N) is 2. The van der Waals surface area contributed by atoms with E-state index in [0.717, 1.165) is 24.2 Å². The lowest BCUT2D eigenvalue weighted by Gasteiger charge is -2.35. The molecule has 0 bridgehead atoms. The third-order valence-corrected chi connectivity index (χ3v) is 4.20. The number of likely N-dealkylation sites (tertiary alicyclic amines) is 1. The van der Waals surface area contributed by atoms with E-state index in [1.165, 1.54) is 0 Å². The van der Waals surface area contributed by atoms with Crippen LogP contribution in [-0.2, 0) is 0 Å². The van der Waals surface area contributed by atoms with Crippen LogP contribution in [-0.4, -0.2) is 23.9 Å². The van der Waals surface area contributed by atoms with Crippen molar-refractivity contribution >= 4 is 5.91 Å². The first-order valence-electron chi connectivity index (χ1n) is 6.65. The lowest BCUT2D eigenvalue weighted by molar-refractivity contribution is 0.0659. The van der Waals surface area contributed by atoms with Crippen molar-refractivity contribution in [2.24, 2.45) is 5.41 Å². The van der Waals surface area contributed by atoms with Crippen LogP contribution in [0.4, 0.5) is 0 Å². The highest BCUT2D eigenvalue weighted by atomic mass is 16.3. The Balaban J connectivity index is 2.17. The fourth-order valence-electron chi connectivity index (χ4n) is 2.58. The van der Waals surface area contributed by atoms with Crippen molar-refractivity contribution < 1.29 is 9.21 Å². The van der Waals surface area contributed by atoms with Crippen molar-refractivity contribution in [1.82, 2.24) is 4.90 Å². The zero-order chi connectivity index (χ0) is 14.2. The monoisotopic (exact) mass is 260 g/mol. The van der Waals surface area contributed by atoms with E-state index in [-0.39, 0.29) is 11.3 Å². The van der Waals surface area contributed by atoms with Gasteiger partial charge in [0.15, 0.2) is 0 Å². The summed E-state index contributed by atoms with van der Waals surface area (Å²) in [6.45, 7) is 8.88. The minimum Gasteiger partial charge on any atom is -0.466 e. The molecule has 19 heavy (non-hydrogen) atoms. The Morgan fingerprint density at radius 3 is 2.26 bits per heavy atom. The van der Waals surface area contributed by atoms with Crippen LogP contribution in [0.5, 0.6) is 0 Å². The summed E-state index contributed by atoms with van der Waals surface area (Å²) in [7, 11) is 0. The Labute approximate surface area is 114 Å². The van der Waals surface area contributed by atoms with E-state index in [9.17, 15) is 4.79 Å². The first-order chi connectivity index (χ1) is 8.88. The first kappa shape index (κ1) is 13.7. The van der Waals surface area contributed by atoms with Crippen LogP contribution in [0, 0.1) is 37.5 Å². The number of amides is 1. The molecule has 0 radical (unpaired) electrons. The highest BCUT2D eigenvalue weighted by molar-refractivity contribution is 5.97. The maximum atomic E-state index is 12.5. The van der Waals surface area contributed by atoms with Gasteiger partial charge in [-0.2, -0.15) is 5.26 Å². The lowest BCUT2D eigenvalue weighted by atomic mass is 9.82. The number of piperidine rings is 1. The van der Waals surface area contributed by atoms with Gasteiger partial charge in [0.05, 0.1) is 17.0 Å². The quantitative estimate of drug-likeness (QED) is 0.780. The summed E-state index contributed by atoms with van der Waals surface area (Å²) >= 11 is 0. The molecule has 0 spiro atoms. The summed E-state index contributed by atoms with van der Waals surface area (Å²) in [5.74, 6) is 1.53. The van der Waals surface area contributed by atoms with Crippen LogP contribution in [0.2, 0.25) is 0 Å². The molecular formula is C15H20N2O2. The summed E-state index contributed by atoms with van der Waals surface area (Å²) in [5.41, 5.74) is 1.34. The van der Waals surface area contributed by atoms with Gasteiger partial charge in [-0.3, -0.25) is 4.79 Å². The van der Waals surface area contributed by atoms with Gasteiger partial charge in [-0.1, -0.05) is 0 Å². The molecule has 1 fully saturated rings. The molecule has 0 atom stereocenters. The fraction of sp³-hybridized carbons (Fsp3) is 0.600. The molecule has 2 rings (SSSR count). The van der Waals surface area contributed by atoms with Gasteiger partial charge in [-0.25, -0.2) is 0 Å². The lowest BCUT2D eigenvalue weighted by Crippen LogP contribution is -2.41. The normalized spacial score (nSPS) is 18.2. The van der Waals surface area contributed by atoms with E-state index in [0.29, 0.717) is 24.4 Å². The van der Waals surface area contributed by atoms with Gasteiger partial charge in [-0.15, -0.1) is 0 Å². The molecule has 0 unspecified atom stereocenters. The van der Waals surface area contributed by atoms with Gasteiger partial charge in [0.25, 0.3) is 5.91 Å².